The van der Waals surface area contributed by atoms with Crippen LogP contribution in [0.5, 0.6) is 5.75 Å². The molecule has 1 N–H and O–H groups in total. The summed E-state index contributed by atoms with van der Waals surface area (Å²) in [5.74, 6) is 2.20. The largest absolute Gasteiger partial charge is 0.379 e. The van der Waals surface area contributed by atoms with Crippen LogP contribution in [0.25, 0.3) is 10.8 Å². The third-order valence-corrected chi connectivity index (χ3v) is 14.4. The summed E-state index contributed by atoms with van der Waals surface area (Å²) in [6.45, 7) is 0. The topological polar surface area (TPSA) is 97.7 Å². The number of hydrogen-bond donors (Lipinski definition) is 1. The molecule has 0 spiro atoms. The molecule has 0 radical (unpaired) electrons. The highest BCUT2D eigenvalue weighted by atomic mass is 32.2. The first kappa shape index (κ1) is 29.0. The number of hydrogen-bond acceptors (Lipinski definition) is 5. The molecule has 4 bridgehead atoms. The number of fused-ring (bicyclic) bond motifs is 6. The van der Waals surface area contributed by atoms with Crippen LogP contribution in [0.4, 0.5) is 0 Å². The van der Waals surface area contributed by atoms with Gasteiger partial charge in [-0.1, -0.05) is 43.5 Å². The standard InChI is InChI=1S/C36H42O6S2/c37-43(38,39)33-14-13-32(28-9-3-1-2-4-10-29(28)33)42-44(40,41)35-31(30-20-24-11-12-26(30)19-24)21-25-7-5-6-8-27(25)34(35)36-17-15-23(22-36)16-18-36/h5-8,13-14,21,23-24,26,30H,1-4,9-12,15-20,22H2,(H,37,38,39). The number of rotatable bonds is 6. The summed E-state index contributed by atoms with van der Waals surface area (Å²) >= 11 is 0. The van der Waals surface area contributed by atoms with Gasteiger partial charge in [-0.25, -0.2) is 0 Å². The summed E-state index contributed by atoms with van der Waals surface area (Å²) in [7, 11) is -8.76. The summed E-state index contributed by atoms with van der Waals surface area (Å²) in [6.07, 6.45) is 14.4. The fraction of sp³-hybridized carbons (Fsp3) is 0.556. The lowest BCUT2D eigenvalue weighted by Crippen LogP contribution is -2.28. The van der Waals surface area contributed by atoms with Crippen molar-refractivity contribution < 1.29 is 25.6 Å². The second kappa shape index (κ2) is 10.6. The molecule has 8 heteroatoms. The van der Waals surface area contributed by atoms with Crippen molar-refractivity contribution in [3.8, 4) is 5.75 Å². The van der Waals surface area contributed by atoms with Crippen LogP contribution in [0.15, 0.2) is 52.3 Å². The third kappa shape index (κ3) is 4.73. The Labute approximate surface area is 261 Å². The Kier molecular flexibility index (Phi) is 6.96. The Balaban J connectivity index is 1.35. The molecule has 0 amide bonds. The Hall–Kier alpha value is -2.42. The molecule has 5 aliphatic rings. The number of benzene rings is 3. The average Bonchev–Trinajstić information content (AvgIpc) is 3.78. The van der Waals surface area contributed by atoms with Gasteiger partial charge >= 0.3 is 10.1 Å². The second-order valence-electron chi connectivity index (χ2n) is 14.5. The minimum Gasteiger partial charge on any atom is -0.379 e. The van der Waals surface area contributed by atoms with Crippen LogP contribution in [-0.2, 0) is 38.5 Å². The molecule has 3 atom stereocenters. The molecule has 44 heavy (non-hydrogen) atoms. The van der Waals surface area contributed by atoms with E-state index in [4.69, 9.17) is 4.18 Å². The van der Waals surface area contributed by atoms with Crippen LogP contribution in [0.3, 0.4) is 0 Å². The van der Waals surface area contributed by atoms with Crippen LogP contribution in [-0.4, -0.2) is 21.4 Å². The highest BCUT2D eigenvalue weighted by molar-refractivity contribution is 7.87. The molecule has 3 unspecified atom stereocenters. The average molecular weight is 635 g/mol. The molecular formula is C36H42O6S2. The maximum Gasteiger partial charge on any atom is 0.339 e. The van der Waals surface area contributed by atoms with E-state index in [1.54, 1.807) is 0 Å². The lowest BCUT2D eigenvalue weighted by Gasteiger charge is -2.34. The molecular weight excluding hydrogens is 593 g/mol. The molecule has 5 aliphatic carbocycles. The summed E-state index contributed by atoms with van der Waals surface area (Å²) in [4.78, 5) is 0.268. The van der Waals surface area contributed by atoms with Gasteiger partial charge in [0.2, 0.25) is 0 Å². The molecule has 3 aromatic carbocycles. The first-order chi connectivity index (χ1) is 21.1. The first-order valence-electron chi connectivity index (χ1n) is 16.8. The van der Waals surface area contributed by atoms with Crippen molar-refractivity contribution in [2.45, 2.75) is 117 Å². The van der Waals surface area contributed by atoms with Crippen molar-refractivity contribution in [1.29, 1.82) is 0 Å². The molecule has 3 aromatic rings. The Morgan fingerprint density at radius 2 is 1.55 bits per heavy atom. The predicted molar refractivity (Wildman–Crippen MR) is 170 cm³/mol. The van der Waals surface area contributed by atoms with Crippen molar-refractivity contribution in [1.82, 2.24) is 0 Å². The summed E-state index contributed by atoms with van der Waals surface area (Å²) < 4.78 is 71.1. The van der Waals surface area contributed by atoms with Crippen LogP contribution < -0.4 is 4.18 Å². The molecule has 0 heterocycles. The molecule has 8 rings (SSSR count). The lowest BCUT2D eigenvalue weighted by molar-refractivity contribution is 0.396. The predicted octanol–water partition coefficient (Wildman–Crippen LogP) is 8.25. The Bertz CT molecular complexity index is 1850. The van der Waals surface area contributed by atoms with Gasteiger partial charge in [-0.2, -0.15) is 16.8 Å². The highest BCUT2D eigenvalue weighted by Gasteiger charge is 2.51. The summed E-state index contributed by atoms with van der Waals surface area (Å²) in [6, 6.07) is 13.3. The van der Waals surface area contributed by atoms with Gasteiger partial charge in [0.1, 0.15) is 10.6 Å². The quantitative estimate of drug-likeness (QED) is 0.217. The van der Waals surface area contributed by atoms with E-state index in [2.05, 4.69) is 24.3 Å². The van der Waals surface area contributed by atoms with Crippen LogP contribution in [0.1, 0.15) is 112 Å². The SMILES string of the molecule is O=S(=O)(O)c1ccc(OS(=O)(=O)c2c(C3CC4CCC3C4)cc3ccccc3c2C23CCC(CC2)C3)c2c1CCCCCC2. The van der Waals surface area contributed by atoms with Crippen LogP contribution in [0, 0.1) is 17.8 Å². The summed E-state index contributed by atoms with van der Waals surface area (Å²) in [5.41, 5.74) is 2.85. The van der Waals surface area contributed by atoms with E-state index in [0.717, 1.165) is 92.5 Å². The molecule has 6 nitrogen and oxygen atoms in total. The van der Waals surface area contributed by atoms with Crippen LogP contribution >= 0.6 is 0 Å². The van der Waals surface area contributed by atoms with E-state index in [1.807, 2.05) is 6.07 Å². The minimum absolute atomic E-state index is 0.130. The van der Waals surface area contributed by atoms with E-state index >= 15 is 8.42 Å². The molecule has 4 saturated carbocycles. The van der Waals surface area contributed by atoms with E-state index in [1.165, 1.54) is 25.0 Å². The van der Waals surface area contributed by atoms with Gasteiger partial charge in [0.25, 0.3) is 10.1 Å². The van der Waals surface area contributed by atoms with Crippen molar-refractivity contribution in [2.24, 2.45) is 17.8 Å². The minimum atomic E-state index is -4.46. The van der Waals surface area contributed by atoms with Crippen molar-refractivity contribution >= 4 is 31.0 Å². The highest BCUT2D eigenvalue weighted by Crippen LogP contribution is 2.61. The normalized spacial score (nSPS) is 29.9. The second-order valence-corrected chi connectivity index (χ2v) is 17.4. The molecule has 0 aliphatic heterocycles. The first-order valence-corrected chi connectivity index (χ1v) is 19.6. The van der Waals surface area contributed by atoms with Crippen LogP contribution in [0.2, 0.25) is 0 Å². The molecule has 0 aromatic heterocycles. The Morgan fingerprint density at radius 3 is 2.20 bits per heavy atom. The fourth-order valence-corrected chi connectivity index (χ4v) is 12.6. The molecule has 0 saturated heterocycles. The molecule has 234 valence electrons. The zero-order valence-electron chi connectivity index (χ0n) is 25.3. The van der Waals surface area contributed by atoms with Crippen molar-refractivity contribution in [3.05, 3.63) is 64.7 Å². The smallest absolute Gasteiger partial charge is 0.339 e. The Morgan fingerprint density at radius 1 is 0.795 bits per heavy atom. The maximum atomic E-state index is 15.0. The molecule has 4 fully saturated rings. The lowest BCUT2D eigenvalue weighted by atomic mass is 9.73. The third-order valence-electron chi connectivity index (χ3n) is 12.1. The zero-order chi connectivity index (χ0) is 30.3. The van der Waals surface area contributed by atoms with Gasteiger partial charge in [0.15, 0.2) is 0 Å². The van der Waals surface area contributed by atoms with Gasteiger partial charge in [-0.3, -0.25) is 4.55 Å². The van der Waals surface area contributed by atoms with Gasteiger partial charge in [0, 0.05) is 5.56 Å². The van der Waals surface area contributed by atoms with Gasteiger partial charge < -0.3 is 4.18 Å². The summed E-state index contributed by atoms with van der Waals surface area (Å²) in [5, 5.41) is 2.15. The zero-order valence-corrected chi connectivity index (χ0v) is 26.9. The van der Waals surface area contributed by atoms with Gasteiger partial charge in [-0.05, 0) is 152 Å². The maximum absolute atomic E-state index is 15.0. The van der Waals surface area contributed by atoms with Crippen molar-refractivity contribution in [3.63, 3.8) is 0 Å². The van der Waals surface area contributed by atoms with E-state index in [9.17, 15) is 13.0 Å². The van der Waals surface area contributed by atoms with E-state index < -0.39 is 20.2 Å². The van der Waals surface area contributed by atoms with E-state index in [-0.39, 0.29) is 22.0 Å². The van der Waals surface area contributed by atoms with Gasteiger partial charge in [0.05, 0.1) is 4.90 Å². The van der Waals surface area contributed by atoms with Gasteiger partial charge in [-0.15, -0.1) is 0 Å². The van der Waals surface area contributed by atoms with E-state index in [0.29, 0.717) is 46.6 Å². The fourth-order valence-electron chi connectivity index (χ4n) is 10.2. The van der Waals surface area contributed by atoms with Crippen molar-refractivity contribution in [2.75, 3.05) is 0 Å². The monoisotopic (exact) mass is 634 g/mol.